The predicted molar refractivity (Wildman–Crippen MR) is 139 cm³/mol. The molecule has 2 aromatic rings. The average molecular weight is 466 g/mol. The fraction of sp³-hybridized carbons (Fsp3) is 0.586. The smallest absolute Gasteiger partial charge is 0.124 e. The molecule has 2 aliphatic rings. The van der Waals surface area contributed by atoms with Gasteiger partial charge in [-0.3, -0.25) is 9.80 Å². The first-order valence-electron chi connectivity index (χ1n) is 12.9. The molecule has 186 valence electrons. The van der Waals surface area contributed by atoms with Gasteiger partial charge in [0.2, 0.25) is 0 Å². The van der Waals surface area contributed by atoms with Crippen LogP contribution < -0.4 is 4.74 Å². The minimum absolute atomic E-state index is 0.0915. The first-order chi connectivity index (χ1) is 16.3. The summed E-state index contributed by atoms with van der Waals surface area (Å²) in [6.45, 7) is 14.5. The van der Waals surface area contributed by atoms with Gasteiger partial charge >= 0.3 is 0 Å². The van der Waals surface area contributed by atoms with E-state index in [0.29, 0.717) is 6.61 Å². The van der Waals surface area contributed by atoms with E-state index >= 15 is 0 Å². The molecule has 0 aromatic heterocycles. The zero-order valence-corrected chi connectivity index (χ0v) is 21.5. The lowest BCUT2D eigenvalue weighted by atomic mass is 9.86. The van der Waals surface area contributed by atoms with Gasteiger partial charge in [0.15, 0.2) is 0 Å². The van der Waals surface area contributed by atoms with E-state index in [-0.39, 0.29) is 17.6 Å². The normalized spacial score (nSPS) is 23.6. The van der Waals surface area contributed by atoms with Gasteiger partial charge in [-0.25, -0.2) is 0 Å². The summed E-state index contributed by atoms with van der Waals surface area (Å²) in [5.41, 5.74) is 3.85. The van der Waals surface area contributed by atoms with E-state index < -0.39 is 0 Å². The molecule has 0 bridgehead atoms. The topological polar surface area (TPSA) is 39.2 Å². The minimum atomic E-state index is -0.247. The highest BCUT2D eigenvalue weighted by atomic mass is 16.5. The Kier molecular flexibility index (Phi) is 8.30. The van der Waals surface area contributed by atoms with Crippen LogP contribution in [-0.4, -0.2) is 78.3 Å². The molecule has 2 atom stereocenters. The van der Waals surface area contributed by atoms with E-state index in [4.69, 9.17) is 4.74 Å². The van der Waals surface area contributed by atoms with Crippen LogP contribution in [0.5, 0.6) is 5.75 Å². The van der Waals surface area contributed by atoms with Gasteiger partial charge in [0.05, 0.1) is 6.10 Å². The van der Waals surface area contributed by atoms with Crippen molar-refractivity contribution >= 4 is 0 Å². The van der Waals surface area contributed by atoms with E-state index in [1.807, 2.05) is 6.07 Å². The van der Waals surface area contributed by atoms with Crippen LogP contribution in [0.25, 0.3) is 0 Å². The fourth-order valence-corrected chi connectivity index (χ4v) is 5.15. The molecular weight excluding hydrogens is 422 g/mol. The Morgan fingerprint density at radius 2 is 1.62 bits per heavy atom. The Hall–Kier alpha value is -1.92. The van der Waals surface area contributed by atoms with Gasteiger partial charge < -0.3 is 14.7 Å². The van der Waals surface area contributed by atoms with Crippen molar-refractivity contribution in [3.63, 3.8) is 0 Å². The SMILES string of the molecule is CN1CCN(C2CCN(Cc3cc(C(C)(C)C)ccc3OCc3ccccc3)CC[C@@H]2O)CC1. The fourth-order valence-electron chi connectivity index (χ4n) is 5.15. The average Bonchev–Trinajstić information content (AvgIpc) is 3.00. The lowest BCUT2D eigenvalue weighted by Gasteiger charge is -2.39. The Labute approximate surface area is 206 Å². The van der Waals surface area contributed by atoms with Crippen LogP contribution in [0.1, 0.15) is 50.3 Å². The highest BCUT2D eigenvalue weighted by molar-refractivity contribution is 5.40. The van der Waals surface area contributed by atoms with Gasteiger partial charge in [-0.05, 0) is 42.5 Å². The number of aliphatic hydroxyl groups is 1. The van der Waals surface area contributed by atoms with Crippen LogP contribution >= 0.6 is 0 Å². The Bertz CT molecular complexity index is 903. The van der Waals surface area contributed by atoms with E-state index in [1.165, 1.54) is 16.7 Å². The van der Waals surface area contributed by atoms with Gasteiger partial charge in [0.25, 0.3) is 0 Å². The maximum absolute atomic E-state index is 11.0. The number of ether oxygens (including phenoxy) is 1. The summed E-state index contributed by atoms with van der Waals surface area (Å²) in [5, 5.41) is 11.0. The van der Waals surface area contributed by atoms with Crippen LogP contribution in [0.2, 0.25) is 0 Å². The molecule has 5 nitrogen and oxygen atoms in total. The third-order valence-electron chi connectivity index (χ3n) is 7.49. The second-order valence-corrected chi connectivity index (χ2v) is 11.2. The first kappa shape index (κ1) is 25.2. The molecule has 5 heteroatoms. The number of hydrogen-bond donors (Lipinski definition) is 1. The van der Waals surface area contributed by atoms with Crippen LogP contribution in [0, 0.1) is 0 Å². The lowest BCUT2D eigenvalue weighted by Crippen LogP contribution is -2.52. The number of piperazine rings is 1. The number of likely N-dealkylation sites (tertiary alicyclic amines) is 1. The standard InChI is InChI=1S/C29H43N3O2/c1-29(2,3)25-10-11-28(34-22-23-8-6-5-7-9-23)24(20-25)21-31-14-12-26(27(33)13-15-31)32-18-16-30(4)17-19-32/h5-11,20,26-27,33H,12-19,21-22H2,1-4H3/t26?,27-/m0/s1. The molecule has 0 aliphatic carbocycles. The molecule has 2 saturated heterocycles. The van der Waals surface area contributed by atoms with Gasteiger partial charge in [-0.15, -0.1) is 0 Å². The molecule has 2 aromatic carbocycles. The summed E-state index contributed by atoms with van der Waals surface area (Å²) < 4.78 is 6.32. The molecule has 0 amide bonds. The monoisotopic (exact) mass is 465 g/mol. The molecule has 4 rings (SSSR count). The molecule has 2 heterocycles. The van der Waals surface area contributed by atoms with Crippen molar-refractivity contribution in [3.05, 3.63) is 65.2 Å². The summed E-state index contributed by atoms with van der Waals surface area (Å²) in [6, 6.07) is 17.3. The van der Waals surface area contributed by atoms with Crippen molar-refractivity contribution in [1.82, 2.24) is 14.7 Å². The molecule has 2 aliphatic heterocycles. The summed E-state index contributed by atoms with van der Waals surface area (Å²) in [5.74, 6) is 0.970. The van der Waals surface area contributed by atoms with Crippen molar-refractivity contribution in [3.8, 4) is 5.75 Å². The number of hydrogen-bond acceptors (Lipinski definition) is 5. The quantitative estimate of drug-likeness (QED) is 0.694. The largest absolute Gasteiger partial charge is 0.489 e. The van der Waals surface area contributed by atoms with Crippen LogP contribution in [0.3, 0.4) is 0 Å². The first-order valence-corrected chi connectivity index (χ1v) is 12.9. The molecule has 0 radical (unpaired) electrons. The third kappa shape index (κ3) is 6.60. The molecular formula is C29H43N3O2. The Morgan fingerprint density at radius 1 is 0.912 bits per heavy atom. The van der Waals surface area contributed by atoms with Crippen molar-refractivity contribution < 1.29 is 9.84 Å². The van der Waals surface area contributed by atoms with Crippen molar-refractivity contribution in [2.75, 3.05) is 46.3 Å². The maximum Gasteiger partial charge on any atom is 0.124 e. The number of rotatable bonds is 6. The van der Waals surface area contributed by atoms with Gasteiger partial charge in [0.1, 0.15) is 12.4 Å². The summed E-state index contributed by atoms with van der Waals surface area (Å²) in [4.78, 5) is 7.41. The van der Waals surface area contributed by atoms with Crippen LogP contribution in [0.4, 0.5) is 0 Å². The molecule has 2 fully saturated rings. The van der Waals surface area contributed by atoms with Gasteiger partial charge in [-0.1, -0.05) is 63.2 Å². The maximum atomic E-state index is 11.0. The lowest BCUT2D eigenvalue weighted by molar-refractivity contribution is 0.0224. The summed E-state index contributed by atoms with van der Waals surface area (Å²) in [6.07, 6.45) is 1.60. The summed E-state index contributed by atoms with van der Waals surface area (Å²) >= 11 is 0. The second-order valence-electron chi connectivity index (χ2n) is 11.2. The second kappa shape index (κ2) is 11.2. The van der Waals surface area contributed by atoms with Crippen molar-refractivity contribution in [2.24, 2.45) is 0 Å². The van der Waals surface area contributed by atoms with Crippen molar-refractivity contribution in [2.45, 2.75) is 64.3 Å². The highest BCUT2D eigenvalue weighted by Gasteiger charge is 2.31. The van der Waals surface area contributed by atoms with Gasteiger partial charge in [-0.2, -0.15) is 0 Å². The zero-order chi connectivity index (χ0) is 24.1. The zero-order valence-electron chi connectivity index (χ0n) is 21.5. The predicted octanol–water partition coefficient (Wildman–Crippen LogP) is 4.14. The molecule has 0 saturated carbocycles. The summed E-state index contributed by atoms with van der Waals surface area (Å²) in [7, 11) is 2.19. The van der Waals surface area contributed by atoms with E-state index in [0.717, 1.165) is 64.4 Å². The third-order valence-corrected chi connectivity index (χ3v) is 7.49. The molecule has 34 heavy (non-hydrogen) atoms. The number of aliphatic hydroxyl groups excluding tert-OH is 1. The Balaban J connectivity index is 1.46. The van der Waals surface area contributed by atoms with E-state index in [1.54, 1.807) is 0 Å². The number of nitrogens with zero attached hydrogens (tertiary/aromatic N) is 3. The minimum Gasteiger partial charge on any atom is -0.489 e. The van der Waals surface area contributed by atoms with Crippen LogP contribution in [0.15, 0.2) is 48.5 Å². The Morgan fingerprint density at radius 3 is 2.32 bits per heavy atom. The van der Waals surface area contributed by atoms with Gasteiger partial charge in [0, 0.05) is 57.4 Å². The van der Waals surface area contributed by atoms with Crippen molar-refractivity contribution in [1.29, 1.82) is 0 Å². The molecule has 0 spiro atoms. The molecule has 1 unspecified atom stereocenters. The highest BCUT2D eigenvalue weighted by Crippen LogP contribution is 2.30. The number of likely N-dealkylation sites (N-methyl/N-ethyl adjacent to an activating group) is 1. The van der Waals surface area contributed by atoms with Crippen LogP contribution in [-0.2, 0) is 18.6 Å². The molecule has 1 N–H and O–H groups in total. The van der Waals surface area contributed by atoms with E-state index in [9.17, 15) is 5.11 Å². The number of benzene rings is 2. The van der Waals surface area contributed by atoms with E-state index in [2.05, 4.69) is 85.0 Å².